The third-order valence-electron chi connectivity index (χ3n) is 1.17. The molecule has 0 atom stereocenters. The first-order valence-corrected chi connectivity index (χ1v) is 4.48. The summed E-state index contributed by atoms with van der Waals surface area (Å²) in [5.41, 5.74) is 0. The van der Waals surface area contributed by atoms with Crippen molar-refractivity contribution in [2.24, 2.45) is 0 Å². The molecule has 0 spiro atoms. The molecule has 2 heteroatoms. The maximum absolute atomic E-state index is 3.02. The zero-order valence-electron chi connectivity index (χ0n) is 8.78. The normalized spacial score (nSPS) is 9.27. The van der Waals surface area contributed by atoms with Gasteiger partial charge in [0.15, 0.2) is 0 Å². The van der Waals surface area contributed by atoms with E-state index in [4.69, 9.17) is 0 Å². The number of nitrogens with zero attached hydrogens (tertiary/aromatic N) is 1. The van der Waals surface area contributed by atoms with Gasteiger partial charge < -0.3 is 10.2 Å². The molecule has 1 N–H and O–H groups in total. The first kappa shape index (κ1) is 13.5. The van der Waals surface area contributed by atoms with Crippen molar-refractivity contribution in [3.63, 3.8) is 0 Å². The van der Waals surface area contributed by atoms with Crippen LogP contribution in [0.5, 0.6) is 0 Å². The van der Waals surface area contributed by atoms with E-state index in [1.165, 1.54) is 19.4 Å². The SMILES string of the molecule is CCCN(C)C.CCCNC. The van der Waals surface area contributed by atoms with Crippen LogP contribution < -0.4 is 5.32 Å². The highest BCUT2D eigenvalue weighted by Gasteiger charge is 1.79. The molecule has 0 bridgehead atoms. The number of hydrogen-bond donors (Lipinski definition) is 1. The molecule has 0 fully saturated rings. The van der Waals surface area contributed by atoms with E-state index in [1.54, 1.807) is 0 Å². The Bertz CT molecular complexity index is 51.5. The van der Waals surface area contributed by atoms with Crippen LogP contribution in [-0.2, 0) is 0 Å². The van der Waals surface area contributed by atoms with Crippen LogP contribution in [0.3, 0.4) is 0 Å². The topological polar surface area (TPSA) is 15.3 Å². The maximum Gasteiger partial charge on any atom is -0.00275 e. The van der Waals surface area contributed by atoms with Crippen LogP contribution in [0, 0.1) is 0 Å². The third-order valence-corrected chi connectivity index (χ3v) is 1.17. The van der Waals surface area contributed by atoms with Crippen molar-refractivity contribution >= 4 is 0 Å². The van der Waals surface area contributed by atoms with Gasteiger partial charge in [0.1, 0.15) is 0 Å². The van der Waals surface area contributed by atoms with Gasteiger partial charge in [0.2, 0.25) is 0 Å². The van der Waals surface area contributed by atoms with E-state index in [1.807, 2.05) is 7.05 Å². The fraction of sp³-hybridized carbons (Fsp3) is 1.00. The second-order valence-electron chi connectivity index (χ2n) is 2.91. The molecular formula is C9H24N2. The molecule has 0 aromatic heterocycles. The molecule has 0 rings (SSSR count). The second-order valence-corrected chi connectivity index (χ2v) is 2.91. The van der Waals surface area contributed by atoms with Gasteiger partial charge in [-0.05, 0) is 47.1 Å². The standard InChI is InChI=1S/C5H13N.C4H11N/c1-4-5-6(2)3;1-3-4-5-2/h4-5H2,1-3H3;5H,3-4H2,1-2H3. The molecule has 0 aliphatic carbocycles. The summed E-state index contributed by atoms with van der Waals surface area (Å²) in [4.78, 5) is 2.18. The summed E-state index contributed by atoms with van der Waals surface area (Å²) in [6, 6.07) is 0. The van der Waals surface area contributed by atoms with Crippen molar-refractivity contribution < 1.29 is 0 Å². The van der Waals surface area contributed by atoms with Gasteiger partial charge in [-0.15, -0.1) is 0 Å². The molecule has 70 valence electrons. The van der Waals surface area contributed by atoms with Crippen molar-refractivity contribution in [1.29, 1.82) is 0 Å². The third kappa shape index (κ3) is 25.7. The fourth-order valence-corrected chi connectivity index (χ4v) is 0.697. The van der Waals surface area contributed by atoms with Crippen molar-refractivity contribution in [2.45, 2.75) is 26.7 Å². The Morgan fingerprint density at radius 3 is 1.64 bits per heavy atom. The van der Waals surface area contributed by atoms with Crippen molar-refractivity contribution in [2.75, 3.05) is 34.2 Å². The Labute approximate surface area is 72.0 Å². The Morgan fingerprint density at radius 1 is 1.09 bits per heavy atom. The minimum absolute atomic E-state index is 1.14. The quantitative estimate of drug-likeness (QED) is 0.671. The highest BCUT2D eigenvalue weighted by molar-refractivity contribution is 4.34. The summed E-state index contributed by atoms with van der Waals surface area (Å²) < 4.78 is 0. The maximum atomic E-state index is 3.02. The predicted molar refractivity (Wildman–Crippen MR) is 53.1 cm³/mol. The molecule has 0 aliphatic heterocycles. The number of nitrogens with one attached hydrogen (secondary N) is 1. The molecule has 0 amide bonds. The van der Waals surface area contributed by atoms with E-state index in [0.29, 0.717) is 0 Å². The van der Waals surface area contributed by atoms with Crippen molar-refractivity contribution in [3.05, 3.63) is 0 Å². The Morgan fingerprint density at radius 2 is 1.64 bits per heavy atom. The van der Waals surface area contributed by atoms with E-state index < -0.39 is 0 Å². The lowest BCUT2D eigenvalue weighted by atomic mass is 10.5. The van der Waals surface area contributed by atoms with Crippen LogP contribution >= 0.6 is 0 Å². The van der Waals surface area contributed by atoms with Gasteiger partial charge in [0, 0.05) is 0 Å². The monoisotopic (exact) mass is 160 g/mol. The lowest BCUT2D eigenvalue weighted by Gasteiger charge is -2.03. The van der Waals surface area contributed by atoms with Gasteiger partial charge in [0.25, 0.3) is 0 Å². The highest BCUT2D eigenvalue weighted by Crippen LogP contribution is 1.76. The summed E-state index contributed by atoms with van der Waals surface area (Å²) in [7, 11) is 6.14. The Kier molecular flexibility index (Phi) is 15.4. The van der Waals surface area contributed by atoms with Crippen molar-refractivity contribution in [3.8, 4) is 0 Å². The van der Waals surface area contributed by atoms with Crippen LogP contribution in [0.25, 0.3) is 0 Å². The predicted octanol–water partition coefficient (Wildman–Crippen LogP) is 1.57. The van der Waals surface area contributed by atoms with E-state index in [0.717, 1.165) is 6.54 Å². The average molecular weight is 160 g/mol. The summed E-state index contributed by atoms with van der Waals surface area (Å²) >= 11 is 0. The lowest BCUT2D eigenvalue weighted by molar-refractivity contribution is 0.408. The molecule has 2 nitrogen and oxygen atoms in total. The van der Waals surface area contributed by atoms with Gasteiger partial charge in [-0.25, -0.2) is 0 Å². The molecule has 0 radical (unpaired) electrons. The minimum Gasteiger partial charge on any atom is -0.320 e. The van der Waals surface area contributed by atoms with E-state index in [9.17, 15) is 0 Å². The van der Waals surface area contributed by atoms with Gasteiger partial charge in [-0.1, -0.05) is 13.8 Å². The zero-order valence-corrected chi connectivity index (χ0v) is 8.78. The molecule has 0 heterocycles. The van der Waals surface area contributed by atoms with Gasteiger partial charge in [-0.2, -0.15) is 0 Å². The summed E-state index contributed by atoms with van der Waals surface area (Å²) in [6.07, 6.45) is 2.49. The molecular weight excluding hydrogens is 136 g/mol. The fourth-order valence-electron chi connectivity index (χ4n) is 0.697. The van der Waals surface area contributed by atoms with Crippen LogP contribution in [-0.4, -0.2) is 39.1 Å². The molecule has 0 saturated heterocycles. The van der Waals surface area contributed by atoms with Crippen LogP contribution in [0.4, 0.5) is 0 Å². The molecule has 11 heavy (non-hydrogen) atoms. The van der Waals surface area contributed by atoms with Gasteiger partial charge in [-0.3, -0.25) is 0 Å². The molecule has 0 aliphatic rings. The summed E-state index contributed by atoms with van der Waals surface area (Å²) in [5.74, 6) is 0. The number of hydrogen-bond acceptors (Lipinski definition) is 2. The van der Waals surface area contributed by atoms with E-state index in [2.05, 4.69) is 38.2 Å². The lowest BCUT2D eigenvalue weighted by Crippen LogP contribution is -2.11. The van der Waals surface area contributed by atoms with E-state index in [-0.39, 0.29) is 0 Å². The first-order valence-electron chi connectivity index (χ1n) is 4.48. The van der Waals surface area contributed by atoms with E-state index >= 15 is 0 Å². The molecule has 0 saturated carbocycles. The van der Waals surface area contributed by atoms with Crippen molar-refractivity contribution in [1.82, 2.24) is 10.2 Å². The summed E-state index contributed by atoms with van der Waals surface area (Å²) in [6.45, 7) is 6.68. The Hall–Kier alpha value is -0.0800. The Balaban J connectivity index is 0. The highest BCUT2D eigenvalue weighted by atomic mass is 15.0. The zero-order chi connectivity index (χ0) is 9.11. The van der Waals surface area contributed by atoms with Gasteiger partial charge in [0.05, 0.1) is 0 Å². The van der Waals surface area contributed by atoms with Crippen LogP contribution in [0.1, 0.15) is 26.7 Å². The minimum atomic E-state index is 1.14. The summed E-state index contributed by atoms with van der Waals surface area (Å²) in [5, 5.41) is 3.02. The largest absolute Gasteiger partial charge is 0.320 e. The molecule has 0 aromatic carbocycles. The van der Waals surface area contributed by atoms with Crippen LogP contribution in [0.2, 0.25) is 0 Å². The first-order chi connectivity index (χ1) is 5.18. The number of rotatable bonds is 4. The molecule has 0 unspecified atom stereocenters. The van der Waals surface area contributed by atoms with Crippen LogP contribution in [0.15, 0.2) is 0 Å². The van der Waals surface area contributed by atoms with Gasteiger partial charge >= 0.3 is 0 Å². The molecule has 0 aromatic rings. The smallest absolute Gasteiger partial charge is 0.00275 e. The average Bonchev–Trinajstić information content (AvgIpc) is 1.90. The second kappa shape index (κ2) is 12.6.